The maximum atomic E-state index is 12.8. The molecule has 2 aromatic carbocycles. The van der Waals surface area contributed by atoms with Gasteiger partial charge >= 0.3 is 12.1 Å². The number of H-pyrrole nitrogens is 1. The van der Waals surface area contributed by atoms with Crippen LogP contribution in [-0.2, 0) is 20.7 Å². The zero-order valence-corrected chi connectivity index (χ0v) is 18.9. The standard InChI is InChI=1S/C26H26N4O5/c31-24(28-11-15-9-21(15)25(32)33)23(10-16-12-27-14-29-16)30-26(34)35-13-22-19-7-3-1-5-17(19)18-6-2-4-8-20(18)22/h1-8,12,14-15,21-23H,9-11,13H2,(H,27,29)(H,28,31)(H,30,34)(H,32,33)/t15-,21-,23?/m1/s1. The molecule has 0 spiro atoms. The number of imidazole rings is 1. The number of aromatic amines is 1. The Labute approximate surface area is 201 Å². The minimum Gasteiger partial charge on any atom is -0.481 e. The van der Waals surface area contributed by atoms with E-state index in [1.807, 2.05) is 36.4 Å². The van der Waals surface area contributed by atoms with Crippen molar-refractivity contribution in [2.45, 2.75) is 24.8 Å². The van der Waals surface area contributed by atoms with E-state index >= 15 is 0 Å². The molecule has 35 heavy (non-hydrogen) atoms. The Hall–Kier alpha value is -4.14. The molecule has 1 saturated carbocycles. The second-order valence-electron chi connectivity index (χ2n) is 8.99. The first kappa shape index (κ1) is 22.6. The van der Waals surface area contributed by atoms with Crippen molar-refractivity contribution in [3.05, 3.63) is 77.9 Å². The van der Waals surface area contributed by atoms with E-state index < -0.39 is 29.9 Å². The number of hydrogen-bond acceptors (Lipinski definition) is 5. The van der Waals surface area contributed by atoms with E-state index in [-0.39, 0.29) is 31.4 Å². The van der Waals surface area contributed by atoms with Gasteiger partial charge < -0.3 is 25.5 Å². The highest BCUT2D eigenvalue weighted by molar-refractivity contribution is 5.86. The van der Waals surface area contributed by atoms with Crippen molar-refractivity contribution in [1.82, 2.24) is 20.6 Å². The number of carboxylic acid groups (broad SMARTS) is 1. The van der Waals surface area contributed by atoms with E-state index in [1.165, 1.54) is 6.33 Å². The fraction of sp³-hybridized carbons (Fsp3) is 0.308. The predicted molar refractivity (Wildman–Crippen MR) is 127 cm³/mol. The summed E-state index contributed by atoms with van der Waals surface area (Å²) in [5.41, 5.74) is 5.15. The van der Waals surface area contributed by atoms with Gasteiger partial charge in [0.15, 0.2) is 0 Å². The first-order chi connectivity index (χ1) is 17.0. The third-order valence-electron chi connectivity index (χ3n) is 6.71. The van der Waals surface area contributed by atoms with Crippen LogP contribution in [0.25, 0.3) is 11.1 Å². The molecule has 1 aromatic heterocycles. The van der Waals surface area contributed by atoms with Crippen molar-refractivity contribution < 1.29 is 24.2 Å². The lowest BCUT2D eigenvalue weighted by Gasteiger charge is -2.19. The van der Waals surface area contributed by atoms with Crippen LogP contribution in [0.1, 0.15) is 29.2 Å². The Bertz CT molecular complexity index is 1200. The number of nitrogens with one attached hydrogen (secondary N) is 3. The fourth-order valence-corrected chi connectivity index (χ4v) is 4.74. The summed E-state index contributed by atoms with van der Waals surface area (Å²) < 4.78 is 5.59. The van der Waals surface area contributed by atoms with Crippen LogP contribution < -0.4 is 10.6 Å². The van der Waals surface area contributed by atoms with E-state index in [4.69, 9.17) is 9.84 Å². The number of benzene rings is 2. The molecule has 2 amide bonds. The molecule has 2 aliphatic carbocycles. The number of rotatable bonds is 9. The molecule has 9 nitrogen and oxygen atoms in total. The van der Waals surface area contributed by atoms with E-state index in [0.717, 1.165) is 22.3 Å². The highest BCUT2D eigenvalue weighted by Gasteiger charge is 2.43. The third-order valence-corrected chi connectivity index (χ3v) is 6.71. The van der Waals surface area contributed by atoms with Gasteiger partial charge in [-0.2, -0.15) is 0 Å². The minimum absolute atomic E-state index is 0.0845. The quantitative estimate of drug-likeness (QED) is 0.377. The van der Waals surface area contributed by atoms with Gasteiger partial charge in [0.2, 0.25) is 5.91 Å². The van der Waals surface area contributed by atoms with Crippen molar-refractivity contribution in [2.24, 2.45) is 11.8 Å². The topological polar surface area (TPSA) is 133 Å². The molecule has 9 heteroatoms. The molecule has 180 valence electrons. The first-order valence-electron chi connectivity index (χ1n) is 11.6. The maximum Gasteiger partial charge on any atom is 0.407 e. The lowest BCUT2D eigenvalue weighted by molar-refractivity contribution is -0.139. The van der Waals surface area contributed by atoms with Gasteiger partial charge in [-0.05, 0) is 34.6 Å². The number of aromatic nitrogens is 2. The largest absolute Gasteiger partial charge is 0.481 e. The van der Waals surface area contributed by atoms with Crippen LogP contribution in [0.3, 0.4) is 0 Å². The molecule has 3 aromatic rings. The van der Waals surface area contributed by atoms with Gasteiger partial charge in [0.1, 0.15) is 12.6 Å². The van der Waals surface area contributed by atoms with Gasteiger partial charge in [0.25, 0.3) is 0 Å². The average Bonchev–Trinajstić information content (AvgIpc) is 3.34. The number of nitrogens with zero attached hydrogens (tertiary/aromatic N) is 1. The highest BCUT2D eigenvalue weighted by Crippen LogP contribution is 2.44. The van der Waals surface area contributed by atoms with E-state index in [1.54, 1.807) is 6.20 Å². The van der Waals surface area contributed by atoms with Gasteiger partial charge in [-0.3, -0.25) is 9.59 Å². The molecular formula is C26H26N4O5. The average molecular weight is 475 g/mol. The number of alkyl carbamates (subject to hydrolysis) is 1. The Kier molecular flexibility index (Phi) is 6.22. The Morgan fingerprint density at radius 3 is 2.37 bits per heavy atom. The molecule has 1 fully saturated rings. The van der Waals surface area contributed by atoms with Gasteiger partial charge in [0.05, 0.1) is 12.2 Å². The normalized spacial score (nSPS) is 18.7. The summed E-state index contributed by atoms with van der Waals surface area (Å²) >= 11 is 0. The number of amides is 2. The molecule has 3 atom stereocenters. The number of aliphatic carboxylic acids is 1. The van der Waals surface area contributed by atoms with Crippen LogP contribution in [0, 0.1) is 11.8 Å². The van der Waals surface area contributed by atoms with E-state index in [9.17, 15) is 14.4 Å². The number of ether oxygens (including phenoxy) is 1. The number of fused-ring (bicyclic) bond motifs is 3. The second-order valence-corrected chi connectivity index (χ2v) is 8.99. The van der Waals surface area contributed by atoms with Gasteiger partial charge in [-0.1, -0.05) is 48.5 Å². The van der Waals surface area contributed by atoms with E-state index in [2.05, 4.69) is 32.7 Å². The monoisotopic (exact) mass is 474 g/mol. The zero-order valence-electron chi connectivity index (χ0n) is 18.9. The minimum atomic E-state index is -0.895. The van der Waals surface area contributed by atoms with Crippen molar-refractivity contribution in [3.8, 4) is 11.1 Å². The van der Waals surface area contributed by atoms with Crippen molar-refractivity contribution in [2.75, 3.05) is 13.2 Å². The Morgan fingerprint density at radius 1 is 1.09 bits per heavy atom. The van der Waals surface area contributed by atoms with Crippen LogP contribution in [0.2, 0.25) is 0 Å². The zero-order chi connectivity index (χ0) is 24.4. The second kappa shape index (κ2) is 9.61. The molecule has 1 heterocycles. The summed E-state index contributed by atoms with van der Waals surface area (Å²) in [6, 6.07) is 15.2. The number of carbonyl (C=O) groups is 3. The molecule has 0 radical (unpaired) electrons. The maximum absolute atomic E-state index is 12.8. The summed E-state index contributed by atoms with van der Waals surface area (Å²) in [6.45, 7) is 0.391. The number of carboxylic acids is 1. The van der Waals surface area contributed by atoms with Crippen LogP contribution in [0.5, 0.6) is 0 Å². The lowest BCUT2D eigenvalue weighted by Crippen LogP contribution is -2.49. The predicted octanol–water partition coefficient (Wildman–Crippen LogP) is 2.70. The first-order valence-corrected chi connectivity index (χ1v) is 11.6. The summed E-state index contributed by atoms with van der Waals surface area (Å²) in [7, 11) is 0. The molecular weight excluding hydrogens is 448 g/mol. The number of hydrogen-bond donors (Lipinski definition) is 4. The van der Waals surface area contributed by atoms with Crippen molar-refractivity contribution in [1.29, 1.82) is 0 Å². The fourth-order valence-electron chi connectivity index (χ4n) is 4.74. The Morgan fingerprint density at radius 2 is 1.77 bits per heavy atom. The van der Waals surface area contributed by atoms with Crippen LogP contribution in [0.15, 0.2) is 61.1 Å². The summed E-state index contributed by atoms with van der Waals surface area (Å²) in [5.74, 6) is -1.84. The molecule has 1 unspecified atom stereocenters. The third kappa shape index (κ3) is 4.89. The molecule has 5 rings (SSSR count). The SMILES string of the molecule is O=C(NC(Cc1cnc[nH]1)C(=O)NC[C@H]1C[C@H]1C(=O)O)OCC1c2ccccc2-c2ccccc21. The van der Waals surface area contributed by atoms with Crippen molar-refractivity contribution in [3.63, 3.8) is 0 Å². The van der Waals surface area contributed by atoms with Crippen LogP contribution in [-0.4, -0.2) is 52.2 Å². The van der Waals surface area contributed by atoms with Gasteiger partial charge in [0, 0.05) is 30.8 Å². The number of carbonyl (C=O) groups excluding carboxylic acids is 2. The molecule has 0 saturated heterocycles. The smallest absolute Gasteiger partial charge is 0.407 e. The highest BCUT2D eigenvalue weighted by atomic mass is 16.5. The van der Waals surface area contributed by atoms with Crippen LogP contribution in [0.4, 0.5) is 4.79 Å². The molecule has 0 bridgehead atoms. The molecule has 4 N–H and O–H groups in total. The summed E-state index contributed by atoms with van der Waals surface area (Å²) in [5, 5.41) is 14.5. The molecule has 2 aliphatic rings. The lowest BCUT2D eigenvalue weighted by atomic mass is 9.98. The van der Waals surface area contributed by atoms with E-state index in [0.29, 0.717) is 12.1 Å². The molecule has 0 aliphatic heterocycles. The Balaban J connectivity index is 1.22. The summed E-state index contributed by atoms with van der Waals surface area (Å²) in [4.78, 5) is 43.5. The van der Waals surface area contributed by atoms with Crippen molar-refractivity contribution >= 4 is 18.0 Å². The van der Waals surface area contributed by atoms with Gasteiger partial charge in [-0.25, -0.2) is 9.78 Å². The summed E-state index contributed by atoms with van der Waals surface area (Å²) in [6.07, 6.45) is 3.13. The van der Waals surface area contributed by atoms with Gasteiger partial charge in [-0.15, -0.1) is 0 Å². The van der Waals surface area contributed by atoms with Crippen LogP contribution >= 0.6 is 0 Å².